The molecule has 0 bridgehead atoms. The molecule has 1 N–H and O–H groups in total. The van der Waals surface area contributed by atoms with Crippen molar-refractivity contribution in [2.45, 2.75) is 19.8 Å². The molecular weight excluding hydrogens is 282 g/mol. The Kier molecular flexibility index (Phi) is 3.33. The van der Waals surface area contributed by atoms with Crippen LogP contribution in [0.2, 0.25) is 0 Å². The van der Waals surface area contributed by atoms with Crippen LogP contribution in [0.3, 0.4) is 0 Å². The van der Waals surface area contributed by atoms with Gasteiger partial charge in [-0.25, -0.2) is 4.79 Å². The summed E-state index contributed by atoms with van der Waals surface area (Å²) in [6.45, 7) is 3.89. The topological polar surface area (TPSA) is 72.4 Å². The van der Waals surface area contributed by atoms with Crippen molar-refractivity contribution in [2.75, 3.05) is 0 Å². The summed E-state index contributed by atoms with van der Waals surface area (Å²) >= 11 is 0. The van der Waals surface area contributed by atoms with E-state index >= 15 is 0 Å². The Morgan fingerprint density at radius 3 is 2.41 bits per heavy atom. The Balaban J connectivity index is 2.50. The number of para-hydroxylation sites is 1. The lowest BCUT2D eigenvalue weighted by molar-refractivity contribution is 0.466. The van der Waals surface area contributed by atoms with Gasteiger partial charge in [0, 0.05) is 17.4 Å². The van der Waals surface area contributed by atoms with Gasteiger partial charge in [-0.1, -0.05) is 32.0 Å². The van der Waals surface area contributed by atoms with Crippen LogP contribution in [0.1, 0.15) is 25.5 Å². The molecule has 1 aromatic carbocycles. The van der Waals surface area contributed by atoms with Gasteiger partial charge < -0.3 is 9.52 Å². The van der Waals surface area contributed by atoms with Crippen LogP contribution in [0.4, 0.5) is 0 Å². The zero-order chi connectivity index (χ0) is 15.9. The molecule has 0 aliphatic carbocycles. The minimum atomic E-state index is -0.684. The van der Waals surface area contributed by atoms with E-state index < -0.39 is 11.2 Å². The zero-order valence-corrected chi connectivity index (χ0v) is 12.2. The van der Waals surface area contributed by atoms with Crippen LogP contribution in [-0.4, -0.2) is 9.67 Å². The molecule has 3 aromatic rings. The van der Waals surface area contributed by atoms with Crippen molar-refractivity contribution in [3.8, 4) is 11.4 Å². The van der Waals surface area contributed by atoms with Crippen LogP contribution in [0, 0.1) is 0 Å². The second-order valence-corrected chi connectivity index (χ2v) is 5.39. The predicted molar refractivity (Wildman–Crippen MR) is 83.8 cm³/mol. The highest BCUT2D eigenvalue weighted by atomic mass is 16.4. The van der Waals surface area contributed by atoms with E-state index in [2.05, 4.69) is 0 Å². The van der Waals surface area contributed by atoms with Gasteiger partial charge in [-0.15, -0.1) is 0 Å². The van der Waals surface area contributed by atoms with Gasteiger partial charge in [0.25, 0.3) is 5.56 Å². The summed E-state index contributed by atoms with van der Waals surface area (Å²) in [5.74, 6) is -0.332. The molecule has 0 amide bonds. The molecule has 0 spiro atoms. The minimum Gasteiger partial charge on any atom is -0.507 e. The summed E-state index contributed by atoms with van der Waals surface area (Å²) in [7, 11) is 0. The van der Waals surface area contributed by atoms with Gasteiger partial charge in [0.05, 0.1) is 6.07 Å². The van der Waals surface area contributed by atoms with Gasteiger partial charge >= 0.3 is 5.63 Å². The number of aromatic hydroxyl groups is 1. The van der Waals surface area contributed by atoms with E-state index in [1.807, 2.05) is 44.2 Å². The fourth-order valence-electron chi connectivity index (χ4n) is 2.51. The second-order valence-electron chi connectivity index (χ2n) is 5.39. The lowest BCUT2D eigenvalue weighted by atomic mass is 10.1. The number of rotatable bonds is 2. The average Bonchev–Trinajstić information content (AvgIpc) is 2.46. The number of nitrogens with zero attached hydrogens (tertiary/aromatic N) is 1. The molecule has 112 valence electrons. The Bertz CT molecular complexity index is 952. The molecule has 5 heteroatoms. The van der Waals surface area contributed by atoms with Crippen LogP contribution in [0.5, 0.6) is 5.75 Å². The number of fused-ring (bicyclic) bond motifs is 1. The van der Waals surface area contributed by atoms with Gasteiger partial charge in [0.2, 0.25) is 0 Å². The quantitative estimate of drug-likeness (QED) is 0.789. The summed E-state index contributed by atoms with van der Waals surface area (Å²) < 4.78 is 6.61. The minimum absolute atomic E-state index is 0.00727. The van der Waals surface area contributed by atoms with Crippen LogP contribution in [0.15, 0.2) is 56.5 Å². The fourth-order valence-corrected chi connectivity index (χ4v) is 2.51. The van der Waals surface area contributed by atoms with Crippen molar-refractivity contribution >= 4 is 11.0 Å². The van der Waals surface area contributed by atoms with Crippen molar-refractivity contribution in [3.63, 3.8) is 0 Å². The molecule has 0 unspecified atom stereocenters. The molecule has 22 heavy (non-hydrogen) atoms. The highest BCUT2D eigenvalue weighted by molar-refractivity contribution is 5.82. The molecule has 2 aromatic heterocycles. The maximum Gasteiger partial charge on any atom is 0.339 e. The fraction of sp³-hybridized carbons (Fsp3) is 0.176. The summed E-state index contributed by atoms with van der Waals surface area (Å²) in [6.07, 6.45) is 0. The Morgan fingerprint density at radius 2 is 1.77 bits per heavy atom. The molecule has 2 heterocycles. The number of benzene rings is 1. The third-order valence-corrected chi connectivity index (χ3v) is 3.53. The van der Waals surface area contributed by atoms with Crippen molar-refractivity contribution in [1.82, 2.24) is 4.57 Å². The first-order valence-corrected chi connectivity index (χ1v) is 6.97. The first kappa shape index (κ1) is 14.1. The molecule has 0 radical (unpaired) electrons. The number of hydrogen-bond acceptors (Lipinski definition) is 4. The molecule has 0 saturated heterocycles. The first-order chi connectivity index (χ1) is 10.5. The summed E-state index contributed by atoms with van der Waals surface area (Å²) in [5, 5.41) is 9.97. The van der Waals surface area contributed by atoms with Gasteiger partial charge in [0.15, 0.2) is 0 Å². The standard InChI is InChI=1S/C17H15NO4/c1-10(2)12-8-14-16(13(19)9-15(20)22-14)17(21)18(12)11-6-4-3-5-7-11/h3-10,19H,1-2H3. The first-order valence-electron chi connectivity index (χ1n) is 6.97. The van der Waals surface area contributed by atoms with Crippen molar-refractivity contribution in [3.05, 3.63) is 68.9 Å². The molecule has 0 saturated carbocycles. The van der Waals surface area contributed by atoms with E-state index in [4.69, 9.17) is 4.42 Å². The second kappa shape index (κ2) is 5.18. The van der Waals surface area contributed by atoms with Crippen molar-refractivity contribution < 1.29 is 9.52 Å². The molecule has 0 atom stereocenters. The zero-order valence-electron chi connectivity index (χ0n) is 12.2. The summed E-state index contributed by atoms with van der Waals surface area (Å²) in [4.78, 5) is 24.2. The lowest BCUT2D eigenvalue weighted by Gasteiger charge is -2.16. The van der Waals surface area contributed by atoms with Crippen LogP contribution in [-0.2, 0) is 0 Å². The van der Waals surface area contributed by atoms with E-state index in [0.29, 0.717) is 11.4 Å². The Labute approximate surface area is 126 Å². The van der Waals surface area contributed by atoms with E-state index in [0.717, 1.165) is 6.07 Å². The van der Waals surface area contributed by atoms with Gasteiger partial charge in [-0.2, -0.15) is 0 Å². The molecular formula is C17H15NO4. The smallest absolute Gasteiger partial charge is 0.339 e. The highest BCUT2D eigenvalue weighted by Gasteiger charge is 2.17. The SMILES string of the molecule is CC(C)c1cc2oc(=O)cc(O)c2c(=O)n1-c1ccccc1. The molecule has 0 fully saturated rings. The molecule has 0 aliphatic rings. The largest absolute Gasteiger partial charge is 0.507 e. The van der Waals surface area contributed by atoms with Crippen LogP contribution in [0.25, 0.3) is 16.7 Å². The maximum atomic E-state index is 12.8. The maximum absolute atomic E-state index is 12.8. The summed E-state index contributed by atoms with van der Waals surface area (Å²) in [5.41, 5.74) is 0.414. The van der Waals surface area contributed by atoms with Gasteiger partial charge in [-0.05, 0) is 18.1 Å². The van der Waals surface area contributed by atoms with Gasteiger partial charge in [0.1, 0.15) is 16.7 Å². The molecule has 5 nitrogen and oxygen atoms in total. The normalized spacial score (nSPS) is 11.2. The monoisotopic (exact) mass is 297 g/mol. The van der Waals surface area contributed by atoms with E-state index in [1.54, 1.807) is 6.07 Å². The number of aromatic nitrogens is 1. The Hall–Kier alpha value is -2.82. The van der Waals surface area contributed by atoms with E-state index in [1.165, 1.54) is 4.57 Å². The van der Waals surface area contributed by atoms with Crippen molar-refractivity contribution in [2.24, 2.45) is 0 Å². The third-order valence-electron chi connectivity index (χ3n) is 3.53. The number of pyridine rings is 1. The molecule has 0 aliphatic heterocycles. The number of hydrogen-bond donors (Lipinski definition) is 1. The van der Waals surface area contributed by atoms with E-state index in [9.17, 15) is 14.7 Å². The van der Waals surface area contributed by atoms with Gasteiger partial charge in [-0.3, -0.25) is 9.36 Å². The average molecular weight is 297 g/mol. The summed E-state index contributed by atoms with van der Waals surface area (Å²) in [6, 6.07) is 11.7. The van der Waals surface area contributed by atoms with E-state index in [-0.39, 0.29) is 22.6 Å². The Morgan fingerprint density at radius 1 is 1.09 bits per heavy atom. The molecule has 3 rings (SSSR count). The van der Waals surface area contributed by atoms with Crippen LogP contribution >= 0.6 is 0 Å². The predicted octanol–water partition coefficient (Wildman–Crippen LogP) is 2.77. The highest BCUT2D eigenvalue weighted by Crippen LogP contribution is 2.25. The lowest BCUT2D eigenvalue weighted by Crippen LogP contribution is -2.23. The third kappa shape index (κ3) is 2.20. The van der Waals surface area contributed by atoms with Crippen molar-refractivity contribution in [1.29, 1.82) is 0 Å². The van der Waals surface area contributed by atoms with Crippen LogP contribution < -0.4 is 11.2 Å².